The number of ether oxygens (including phenoxy) is 2. The van der Waals surface area contributed by atoms with Crippen LogP contribution in [0.1, 0.15) is 16.1 Å². The molecular weight excluding hydrogens is 564 g/mol. The Morgan fingerprint density at radius 3 is 2.66 bits per heavy atom. The number of aromatic nitrogens is 1. The molecule has 0 bridgehead atoms. The van der Waals surface area contributed by atoms with Gasteiger partial charge < -0.3 is 15.2 Å². The van der Waals surface area contributed by atoms with Crippen LogP contribution in [0.25, 0.3) is 27.6 Å². The number of benzene rings is 3. The summed E-state index contributed by atoms with van der Waals surface area (Å²) in [7, 11) is 3.13. The number of nitriles is 1. The number of anilines is 1. The van der Waals surface area contributed by atoms with Crippen molar-refractivity contribution in [1.82, 2.24) is 4.98 Å². The molecule has 0 unspecified atom stereocenters. The number of hydrogen-bond donors (Lipinski definition) is 1. The number of fused-ring (bicyclic) bond motifs is 4. The third kappa shape index (κ3) is 3.93. The molecule has 0 atom stereocenters. The summed E-state index contributed by atoms with van der Waals surface area (Å²) in [5, 5.41) is 17.3. The Labute approximate surface area is 230 Å². The van der Waals surface area contributed by atoms with E-state index in [2.05, 4.69) is 27.1 Å². The molecule has 4 aromatic rings. The van der Waals surface area contributed by atoms with Gasteiger partial charge >= 0.3 is 0 Å². The summed E-state index contributed by atoms with van der Waals surface area (Å²) in [5.41, 5.74) is 10.9. The minimum Gasteiger partial charge on any atom is -0.497 e. The van der Waals surface area contributed by atoms with Crippen molar-refractivity contribution in [3.63, 3.8) is 0 Å². The molecule has 2 N–H and O–H groups in total. The van der Waals surface area contributed by atoms with Crippen LogP contribution in [0, 0.1) is 11.3 Å². The van der Waals surface area contributed by atoms with Crippen LogP contribution in [0.5, 0.6) is 11.5 Å². The van der Waals surface area contributed by atoms with Gasteiger partial charge in [-0.15, -0.1) is 16.4 Å². The molecule has 0 radical (unpaired) electrons. The van der Waals surface area contributed by atoms with E-state index >= 15 is 0 Å². The van der Waals surface area contributed by atoms with Crippen LogP contribution < -0.4 is 20.2 Å². The molecule has 38 heavy (non-hydrogen) atoms. The molecule has 0 aliphatic carbocycles. The third-order valence-corrected chi connectivity index (χ3v) is 7.74. The smallest absolute Gasteiger partial charge is 0.165 e. The molecule has 2 aliphatic rings. The predicted molar refractivity (Wildman–Crippen MR) is 155 cm³/mol. The molecule has 3 aromatic carbocycles. The highest BCUT2D eigenvalue weighted by Crippen LogP contribution is 2.42. The summed E-state index contributed by atoms with van der Waals surface area (Å²) >= 11 is 5.13. The van der Waals surface area contributed by atoms with Crippen LogP contribution in [0.4, 0.5) is 5.69 Å². The second-order valence-electron chi connectivity index (χ2n) is 8.38. The molecule has 3 heterocycles. The zero-order valence-corrected chi connectivity index (χ0v) is 22.7. The molecule has 0 amide bonds. The number of aliphatic imine (C=N–C) groups is 1. The number of halogens is 1. The molecule has 0 fully saturated rings. The molecule has 186 valence electrons. The van der Waals surface area contributed by atoms with Crippen LogP contribution in [-0.4, -0.2) is 30.9 Å². The average Bonchev–Trinajstić information content (AvgIpc) is 3.30. The molecule has 0 spiro atoms. The summed E-state index contributed by atoms with van der Waals surface area (Å²) < 4.78 is 13.0. The fourth-order valence-corrected chi connectivity index (χ4v) is 5.73. The number of thiazole rings is 1. The number of rotatable bonds is 4. The molecule has 10 heteroatoms. The molecule has 1 aromatic heterocycles. The Hall–Kier alpha value is -4.46. The molecule has 6 rings (SSSR count). The van der Waals surface area contributed by atoms with Gasteiger partial charge in [-0.05, 0) is 48.5 Å². The summed E-state index contributed by atoms with van der Waals surface area (Å²) in [6.45, 7) is 0. The summed E-state index contributed by atoms with van der Waals surface area (Å²) in [5.74, 6) is 1.64. The molecule has 0 saturated heterocycles. The number of hydrazone groups is 1. The van der Waals surface area contributed by atoms with E-state index in [1.165, 1.54) is 0 Å². The summed E-state index contributed by atoms with van der Waals surface area (Å²) in [6, 6.07) is 21.4. The maximum Gasteiger partial charge on any atom is 0.165 e. The lowest BCUT2D eigenvalue weighted by molar-refractivity contribution is 0.393. The molecule has 8 nitrogen and oxygen atoms in total. The van der Waals surface area contributed by atoms with Crippen molar-refractivity contribution in [2.45, 2.75) is 0 Å². The van der Waals surface area contributed by atoms with Gasteiger partial charge in [-0.2, -0.15) is 5.26 Å². The van der Waals surface area contributed by atoms with Gasteiger partial charge in [-0.25, -0.2) is 15.0 Å². The Bertz CT molecular complexity index is 1760. The van der Waals surface area contributed by atoms with Crippen LogP contribution in [0.15, 0.2) is 80.8 Å². The van der Waals surface area contributed by atoms with E-state index in [9.17, 15) is 5.26 Å². The lowest BCUT2D eigenvalue weighted by atomic mass is 10.0. The molecule has 2 aliphatic heterocycles. The maximum atomic E-state index is 10.2. The van der Waals surface area contributed by atoms with Gasteiger partial charge in [0, 0.05) is 21.7 Å². The standard InChI is InChI=1S/C28H19BrN6O2S/c1-36-17-8-9-18(23(13-17)37-2)25-20(14-30)26(31)34-35-22-10-7-16(29)11-15(22)12-19(27(35)33-25)28-32-21-5-3-4-6-24(21)38-28/h3-13H,1-2H3,(H2,31,34). The fourth-order valence-electron chi connectivity index (χ4n) is 4.38. The quantitative estimate of drug-likeness (QED) is 0.313. The van der Waals surface area contributed by atoms with E-state index in [0.29, 0.717) is 28.6 Å². The SMILES string of the molecule is COc1ccc(C2=C(C#N)C(N)=NN3C(=N2)C(c2nc4ccccc4s2)=Cc2cc(Br)ccc23)c(OC)c1. The lowest BCUT2D eigenvalue weighted by Gasteiger charge is -2.27. The van der Waals surface area contributed by atoms with E-state index in [1.54, 1.807) is 48.8 Å². The average molecular weight is 583 g/mol. The van der Waals surface area contributed by atoms with Crippen molar-refractivity contribution in [3.8, 4) is 17.6 Å². The number of amidine groups is 2. The van der Waals surface area contributed by atoms with Crippen LogP contribution in [0.2, 0.25) is 0 Å². The van der Waals surface area contributed by atoms with Crippen molar-refractivity contribution in [3.05, 3.63) is 86.8 Å². The Kier molecular flexibility index (Phi) is 5.94. The number of methoxy groups -OCH3 is 2. The summed E-state index contributed by atoms with van der Waals surface area (Å²) in [6.07, 6.45) is 2.04. The van der Waals surface area contributed by atoms with Crippen LogP contribution in [-0.2, 0) is 0 Å². The minimum absolute atomic E-state index is 0.0403. The molecular formula is C28H19BrN6O2S. The maximum absolute atomic E-state index is 10.2. The van der Waals surface area contributed by atoms with Crippen molar-refractivity contribution >= 4 is 72.2 Å². The number of hydrogen-bond acceptors (Lipinski definition) is 9. The van der Waals surface area contributed by atoms with Crippen LogP contribution in [0.3, 0.4) is 0 Å². The fraction of sp³-hybridized carbons (Fsp3) is 0.0714. The van der Waals surface area contributed by atoms with E-state index in [0.717, 1.165) is 36.5 Å². The minimum atomic E-state index is 0.0403. The van der Waals surface area contributed by atoms with Gasteiger partial charge in [-0.1, -0.05) is 28.1 Å². The zero-order valence-electron chi connectivity index (χ0n) is 20.3. The predicted octanol–water partition coefficient (Wildman–Crippen LogP) is 6.06. The van der Waals surface area contributed by atoms with E-state index < -0.39 is 0 Å². The van der Waals surface area contributed by atoms with E-state index in [-0.39, 0.29) is 11.4 Å². The zero-order chi connectivity index (χ0) is 26.4. The number of nitrogens with zero attached hydrogens (tertiary/aromatic N) is 5. The topological polar surface area (TPSA) is 109 Å². The molecule has 0 saturated carbocycles. The second-order valence-corrected chi connectivity index (χ2v) is 10.3. The number of para-hydroxylation sites is 1. The van der Waals surface area contributed by atoms with Crippen molar-refractivity contribution < 1.29 is 9.47 Å². The second kappa shape index (κ2) is 9.45. The third-order valence-electron chi connectivity index (χ3n) is 6.18. The van der Waals surface area contributed by atoms with E-state index in [1.807, 2.05) is 48.5 Å². The first-order valence-electron chi connectivity index (χ1n) is 11.5. The Morgan fingerprint density at radius 2 is 1.89 bits per heavy atom. The number of nitrogens with two attached hydrogens (primary N) is 1. The van der Waals surface area contributed by atoms with Gasteiger partial charge in [0.15, 0.2) is 11.7 Å². The van der Waals surface area contributed by atoms with Gasteiger partial charge in [0.05, 0.1) is 41.4 Å². The first-order valence-corrected chi connectivity index (χ1v) is 13.1. The lowest BCUT2D eigenvalue weighted by Crippen LogP contribution is -2.31. The van der Waals surface area contributed by atoms with Gasteiger partial charge in [0.2, 0.25) is 0 Å². The van der Waals surface area contributed by atoms with Crippen molar-refractivity contribution in [2.24, 2.45) is 15.8 Å². The van der Waals surface area contributed by atoms with Gasteiger partial charge in [0.25, 0.3) is 0 Å². The monoisotopic (exact) mass is 582 g/mol. The Morgan fingerprint density at radius 1 is 1.05 bits per heavy atom. The normalized spacial score (nSPS) is 14.6. The first kappa shape index (κ1) is 23.9. The Balaban J connectivity index is 1.65. The first-order chi connectivity index (χ1) is 18.5. The van der Waals surface area contributed by atoms with Crippen molar-refractivity contribution in [1.29, 1.82) is 5.26 Å². The largest absolute Gasteiger partial charge is 0.497 e. The van der Waals surface area contributed by atoms with E-state index in [4.69, 9.17) is 25.2 Å². The van der Waals surface area contributed by atoms with Crippen LogP contribution >= 0.6 is 27.3 Å². The van der Waals surface area contributed by atoms with Gasteiger partial charge in [0.1, 0.15) is 28.1 Å². The highest BCUT2D eigenvalue weighted by atomic mass is 79.9. The van der Waals surface area contributed by atoms with Crippen molar-refractivity contribution in [2.75, 3.05) is 19.2 Å². The summed E-state index contributed by atoms with van der Waals surface area (Å²) in [4.78, 5) is 9.95. The highest BCUT2D eigenvalue weighted by molar-refractivity contribution is 9.10. The van der Waals surface area contributed by atoms with Gasteiger partial charge in [-0.3, -0.25) is 0 Å². The highest BCUT2D eigenvalue weighted by Gasteiger charge is 2.32.